The second-order valence-corrected chi connectivity index (χ2v) is 6.59. The maximum atomic E-state index is 10.4. The predicted octanol–water partition coefficient (Wildman–Crippen LogP) is 2.88. The highest BCUT2D eigenvalue weighted by Crippen LogP contribution is 2.21. The maximum Gasteiger partial charge on any atom is 0.191 e. The lowest BCUT2D eigenvalue weighted by Crippen LogP contribution is -2.40. The number of halogens is 1. The molecule has 1 heterocycles. The molecule has 0 spiro atoms. The Morgan fingerprint density at radius 3 is 2.68 bits per heavy atom. The molecule has 1 unspecified atom stereocenters. The molecule has 2 aromatic rings. The molecule has 2 rings (SSSR count). The molecule has 0 amide bonds. The third-order valence-electron chi connectivity index (χ3n) is 3.42. The molecule has 0 fully saturated rings. The number of hydrogen-bond acceptors (Lipinski definition) is 4. The number of ether oxygens (including phenoxy) is 1. The monoisotopic (exact) mass is 409 g/mol. The normalized spacial score (nSPS) is 14.0. The summed E-state index contributed by atoms with van der Waals surface area (Å²) >= 11 is 3.39. The van der Waals surface area contributed by atoms with E-state index >= 15 is 0 Å². The van der Waals surface area contributed by atoms with Crippen LogP contribution in [0.2, 0.25) is 0 Å². The summed E-state index contributed by atoms with van der Waals surface area (Å²) in [5.74, 6) is 1.92. The molecule has 0 aliphatic heterocycles. The first-order valence-electron chi connectivity index (χ1n) is 8.18. The van der Waals surface area contributed by atoms with Crippen LogP contribution < -0.4 is 15.4 Å². The minimum Gasteiger partial charge on any atom is -0.492 e. The molecule has 25 heavy (non-hydrogen) atoms. The predicted molar refractivity (Wildman–Crippen MR) is 102 cm³/mol. The largest absolute Gasteiger partial charge is 0.492 e. The van der Waals surface area contributed by atoms with E-state index in [1.165, 1.54) is 6.26 Å². The summed E-state index contributed by atoms with van der Waals surface area (Å²) in [6.45, 7) is 5.66. The van der Waals surface area contributed by atoms with E-state index in [1.54, 1.807) is 19.1 Å². The van der Waals surface area contributed by atoms with Gasteiger partial charge in [-0.15, -0.1) is 0 Å². The third kappa shape index (κ3) is 6.43. The molecule has 7 heteroatoms. The maximum absolute atomic E-state index is 10.4. The highest BCUT2D eigenvalue weighted by molar-refractivity contribution is 9.10. The van der Waals surface area contributed by atoms with E-state index in [0.717, 1.165) is 16.8 Å². The Morgan fingerprint density at radius 1 is 1.28 bits per heavy atom. The van der Waals surface area contributed by atoms with Crippen molar-refractivity contribution in [1.82, 2.24) is 10.6 Å². The van der Waals surface area contributed by atoms with Gasteiger partial charge in [0.15, 0.2) is 5.96 Å². The van der Waals surface area contributed by atoms with Crippen molar-refractivity contribution in [2.45, 2.75) is 19.4 Å². The van der Waals surface area contributed by atoms with Gasteiger partial charge in [0.1, 0.15) is 23.7 Å². The minimum atomic E-state index is -1.15. The first-order chi connectivity index (χ1) is 12.0. The van der Waals surface area contributed by atoms with Crippen molar-refractivity contribution in [2.75, 3.05) is 26.2 Å². The molecule has 3 N–H and O–H groups in total. The van der Waals surface area contributed by atoms with Crippen LogP contribution in [0.4, 0.5) is 0 Å². The Labute approximate surface area is 156 Å². The van der Waals surface area contributed by atoms with Crippen LogP contribution in [-0.4, -0.2) is 37.3 Å². The van der Waals surface area contributed by atoms with Crippen LogP contribution in [0, 0.1) is 0 Å². The average molecular weight is 410 g/mol. The van der Waals surface area contributed by atoms with Gasteiger partial charge in [0.2, 0.25) is 0 Å². The van der Waals surface area contributed by atoms with Crippen molar-refractivity contribution in [2.24, 2.45) is 4.99 Å². The highest BCUT2D eigenvalue weighted by atomic mass is 79.9. The fourth-order valence-corrected chi connectivity index (χ4v) is 2.37. The Kier molecular flexibility index (Phi) is 7.33. The number of aliphatic hydroxyl groups is 1. The molecule has 6 nitrogen and oxygen atoms in total. The first-order valence-corrected chi connectivity index (χ1v) is 8.97. The molecular formula is C18H24BrN3O3. The van der Waals surface area contributed by atoms with Gasteiger partial charge in [0.25, 0.3) is 0 Å². The average Bonchev–Trinajstić information content (AvgIpc) is 3.13. The van der Waals surface area contributed by atoms with Crippen LogP contribution in [-0.2, 0) is 5.60 Å². The molecule has 136 valence electrons. The highest BCUT2D eigenvalue weighted by Gasteiger charge is 2.25. The van der Waals surface area contributed by atoms with E-state index in [-0.39, 0.29) is 6.54 Å². The van der Waals surface area contributed by atoms with Gasteiger partial charge in [-0.3, -0.25) is 0 Å². The van der Waals surface area contributed by atoms with Crippen LogP contribution in [0.3, 0.4) is 0 Å². The number of benzene rings is 1. The lowest BCUT2D eigenvalue weighted by atomic mass is 10.0. The Morgan fingerprint density at radius 2 is 2.04 bits per heavy atom. The van der Waals surface area contributed by atoms with Crippen molar-refractivity contribution in [3.63, 3.8) is 0 Å². The quantitative estimate of drug-likeness (QED) is 0.354. The number of nitrogens with one attached hydrogen (secondary N) is 2. The van der Waals surface area contributed by atoms with Gasteiger partial charge < -0.3 is 24.9 Å². The van der Waals surface area contributed by atoms with Gasteiger partial charge in [-0.05, 0) is 50.2 Å². The topological polar surface area (TPSA) is 79.0 Å². The van der Waals surface area contributed by atoms with E-state index < -0.39 is 5.60 Å². The van der Waals surface area contributed by atoms with E-state index in [0.29, 0.717) is 24.9 Å². The van der Waals surface area contributed by atoms with Gasteiger partial charge >= 0.3 is 0 Å². The molecule has 0 saturated carbocycles. The number of furan rings is 1. The number of aliphatic imine (C=N–C) groups is 1. The molecule has 0 bridgehead atoms. The fraction of sp³-hybridized carbons (Fsp3) is 0.389. The van der Waals surface area contributed by atoms with E-state index in [1.807, 2.05) is 31.2 Å². The van der Waals surface area contributed by atoms with Gasteiger partial charge in [-0.25, -0.2) is 4.99 Å². The molecule has 1 atom stereocenters. The van der Waals surface area contributed by atoms with Crippen LogP contribution in [0.15, 0.2) is 56.5 Å². The number of rotatable bonds is 8. The van der Waals surface area contributed by atoms with Crippen LogP contribution in [0.5, 0.6) is 5.75 Å². The number of guanidine groups is 1. The summed E-state index contributed by atoms with van der Waals surface area (Å²) in [6.07, 6.45) is 1.54. The SMILES string of the molecule is CCNC(=NCC(C)(O)c1ccco1)NCCOc1ccc(Br)cc1. The zero-order valence-electron chi connectivity index (χ0n) is 14.5. The summed E-state index contributed by atoms with van der Waals surface area (Å²) in [7, 11) is 0. The second kappa shape index (κ2) is 9.48. The number of hydrogen-bond donors (Lipinski definition) is 3. The van der Waals surface area contributed by atoms with Crippen molar-refractivity contribution >= 4 is 21.9 Å². The zero-order chi connectivity index (χ0) is 18.1. The summed E-state index contributed by atoms with van der Waals surface area (Å²) in [5, 5.41) is 16.8. The molecule has 1 aromatic carbocycles. The lowest BCUT2D eigenvalue weighted by molar-refractivity contribution is 0.0437. The lowest BCUT2D eigenvalue weighted by Gasteiger charge is -2.19. The molecule has 0 saturated heterocycles. The second-order valence-electron chi connectivity index (χ2n) is 5.68. The summed E-state index contributed by atoms with van der Waals surface area (Å²) in [6, 6.07) is 11.2. The smallest absolute Gasteiger partial charge is 0.191 e. The van der Waals surface area contributed by atoms with E-state index in [2.05, 4.69) is 31.6 Å². The van der Waals surface area contributed by atoms with Crippen molar-refractivity contribution in [3.05, 3.63) is 52.9 Å². The summed E-state index contributed by atoms with van der Waals surface area (Å²) in [5.41, 5.74) is -1.15. The van der Waals surface area contributed by atoms with Crippen LogP contribution in [0.25, 0.3) is 0 Å². The van der Waals surface area contributed by atoms with Crippen molar-refractivity contribution in [3.8, 4) is 5.75 Å². The molecule has 0 aliphatic rings. The summed E-state index contributed by atoms with van der Waals surface area (Å²) in [4.78, 5) is 4.42. The number of nitrogens with zero attached hydrogens (tertiary/aromatic N) is 1. The fourth-order valence-electron chi connectivity index (χ4n) is 2.11. The molecule has 0 aliphatic carbocycles. The van der Waals surface area contributed by atoms with Gasteiger partial charge in [-0.2, -0.15) is 0 Å². The van der Waals surface area contributed by atoms with Gasteiger partial charge in [-0.1, -0.05) is 15.9 Å². The van der Waals surface area contributed by atoms with Crippen LogP contribution in [0.1, 0.15) is 19.6 Å². The van der Waals surface area contributed by atoms with Gasteiger partial charge in [0, 0.05) is 11.0 Å². The van der Waals surface area contributed by atoms with Gasteiger partial charge in [0.05, 0.1) is 19.4 Å². The zero-order valence-corrected chi connectivity index (χ0v) is 16.0. The standard InChI is InChI=1S/C18H24BrN3O3/c1-3-20-17(22-13-18(2,23)16-5-4-11-25-16)21-10-12-24-15-8-6-14(19)7-9-15/h4-9,11,23H,3,10,12-13H2,1-2H3,(H2,20,21,22). The van der Waals surface area contributed by atoms with Crippen molar-refractivity contribution in [1.29, 1.82) is 0 Å². The Hall–Kier alpha value is -1.99. The van der Waals surface area contributed by atoms with E-state index in [4.69, 9.17) is 9.15 Å². The first kappa shape index (κ1) is 19.3. The van der Waals surface area contributed by atoms with Crippen LogP contribution >= 0.6 is 15.9 Å². The molecule has 0 radical (unpaired) electrons. The Bertz CT molecular complexity index is 655. The summed E-state index contributed by atoms with van der Waals surface area (Å²) < 4.78 is 11.9. The van der Waals surface area contributed by atoms with E-state index in [9.17, 15) is 5.11 Å². The molecular weight excluding hydrogens is 386 g/mol. The minimum absolute atomic E-state index is 0.184. The van der Waals surface area contributed by atoms with Crippen molar-refractivity contribution < 1.29 is 14.3 Å². The Balaban J connectivity index is 1.82. The third-order valence-corrected chi connectivity index (χ3v) is 3.95. The molecule has 1 aromatic heterocycles.